The topological polar surface area (TPSA) is 8.17 Å². The first-order valence-corrected chi connectivity index (χ1v) is 17.1. The van der Waals surface area contributed by atoms with Crippen molar-refractivity contribution < 1.29 is 0 Å². The van der Waals surface area contributed by atoms with E-state index in [-0.39, 0.29) is 5.41 Å². The standard InChI is InChI=1S/C44H34N2S/c1-29-26-42-43(47-29)38-27-31(20-25-41(38)46(42)33-14-8-5-9-15-33)30-18-21-34(22-19-30)45(32-12-6-4-7-13-32)35-23-24-37-36-16-10-11-17-39(36)44(2,3)40(37)28-35/h4-28H,1-3H3. The SMILES string of the molecule is Cc1cc2c(s1)c1cc(-c3ccc(N(c4ccccc4)c4ccc5c(c4)C(C)(C)c4ccccc4-5)cc3)ccc1n2-c1ccccc1. The monoisotopic (exact) mass is 622 g/mol. The van der Waals surface area contributed by atoms with Crippen LogP contribution in [0, 0.1) is 6.92 Å². The summed E-state index contributed by atoms with van der Waals surface area (Å²) in [5.41, 5.74) is 15.0. The summed E-state index contributed by atoms with van der Waals surface area (Å²) >= 11 is 1.88. The number of nitrogens with zero attached hydrogens (tertiary/aromatic N) is 2. The summed E-state index contributed by atoms with van der Waals surface area (Å²) in [6, 6.07) is 55.5. The molecule has 0 saturated carbocycles. The lowest BCUT2D eigenvalue weighted by Gasteiger charge is -2.28. The fourth-order valence-electron chi connectivity index (χ4n) is 7.60. The van der Waals surface area contributed by atoms with Gasteiger partial charge in [-0.05, 0) is 107 Å². The van der Waals surface area contributed by atoms with Gasteiger partial charge in [0.1, 0.15) is 0 Å². The van der Waals surface area contributed by atoms with E-state index in [9.17, 15) is 0 Å². The van der Waals surface area contributed by atoms with Gasteiger partial charge in [0.2, 0.25) is 0 Å². The third-order valence-corrected chi connectivity index (χ3v) is 10.9. The van der Waals surface area contributed by atoms with Crippen LogP contribution in [-0.4, -0.2) is 4.57 Å². The van der Waals surface area contributed by atoms with E-state index in [0.717, 1.165) is 11.4 Å². The molecule has 9 rings (SSSR count). The summed E-state index contributed by atoms with van der Waals surface area (Å²) < 4.78 is 3.74. The fourth-order valence-corrected chi connectivity index (χ4v) is 8.62. The minimum Gasteiger partial charge on any atom is -0.310 e. The smallest absolute Gasteiger partial charge is 0.0651 e. The quantitative estimate of drug-likeness (QED) is 0.185. The molecule has 0 spiro atoms. The van der Waals surface area contributed by atoms with Gasteiger partial charge in [0.05, 0.1) is 15.7 Å². The summed E-state index contributed by atoms with van der Waals surface area (Å²) in [6.07, 6.45) is 0. The van der Waals surface area contributed by atoms with Crippen molar-refractivity contribution in [3.05, 3.63) is 168 Å². The summed E-state index contributed by atoms with van der Waals surface area (Å²) in [5, 5.41) is 1.30. The Balaban J connectivity index is 1.13. The zero-order valence-corrected chi connectivity index (χ0v) is 27.6. The molecule has 47 heavy (non-hydrogen) atoms. The lowest BCUT2D eigenvalue weighted by Crippen LogP contribution is -2.16. The number of benzene rings is 6. The molecule has 0 radical (unpaired) electrons. The molecule has 0 unspecified atom stereocenters. The molecule has 226 valence electrons. The van der Waals surface area contributed by atoms with E-state index in [0.29, 0.717) is 0 Å². The Kier molecular flexibility index (Phi) is 6.28. The molecule has 0 atom stereocenters. The van der Waals surface area contributed by atoms with Gasteiger partial charge < -0.3 is 9.47 Å². The molecule has 0 fully saturated rings. The maximum Gasteiger partial charge on any atom is 0.0651 e. The van der Waals surface area contributed by atoms with Crippen LogP contribution in [-0.2, 0) is 5.41 Å². The average molecular weight is 623 g/mol. The second-order valence-electron chi connectivity index (χ2n) is 13.1. The summed E-state index contributed by atoms with van der Waals surface area (Å²) in [5.74, 6) is 0. The number of rotatable bonds is 5. The van der Waals surface area contributed by atoms with Gasteiger partial charge in [0.15, 0.2) is 0 Å². The molecule has 6 aromatic carbocycles. The van der Waals surface area contributed by atoms with Crippen molar-refractivity contribution in [2.75, 3.05) is 4.90 Å². The normalized spacial score (nSPS) is 13.2. The van der Waals surface area contributed by atoms with E-state index >= 15 is 0 Å². The Morgan fingerprint density at radius 2 is 1.17 bits per heavy atom. The predicted molar refractivity (Wildman–Crippen MR) is 201 cm³/mol. The number of hydrogen-bond acceptors (Lipinski definition) is 2. The van der Waals surface area contributed by atoms with Crippen LogP contribution in [0.4, 0.5) is 17.1 Å². The lowest BCUT2D eigenvalue weighted by atomic mass is 9.82. The molecule has 0 saturated heterocycles. The van der Waals surface area contributed by atoms with Crippen molar-refractivity contribution in [3.63, 3.8) is 0 Å². The van der Waals surface area contributed by atoms with E-state index in [4.69, 9.17) is 0 Å². The molecular weight excluding hydrogens is 589 g/mol. The van der Waals surface area contributed by atoms with Crippen LogP contribution in [0.1, 0.15) is 29.9 Å². The molecule has 3 heteroatoms. The maximum absolute atomic E-state index is 2.40. The number of hydrogen-bond donors (Lipinski definition) is 0. The summed E-state index contributed by atoms with van der Waals surface area (Å²) in [6.45, 7) is 6.90. The van der Waals surface area contributed by atoms with E-state index in [2.05, 4.69) is 182 Å². The van der Waals surface area contributed by atoms with Gasteiger partial charge in [-0.25, -0.2) is 0 Å². The Hall–Kier alpha value is -5.38. The summed E-state index contributed by atoms with van der Waals surface area (Å²) in [4.78, 5) is 3.71. The van der Waals surface area contributed by atoms with Crippen LogP contribution >= 0.6 is 11.3 Å². The maximum atomic E-state index is 2.40. The minimum absolute atomic E-state index is 0.0568. The highest BCUT2D eigenvalue weighted by Crippen LogP contribution is 2.50. The van der Waals surface area contributed by atoms with Crippen LogP contribution in [0.5, 0.6) is 0 Å². The molecule has 0 bridgehead atoms. The number of aryl methyl sites for hydroxylation is 1. The summed E-state index contributed by atoms with van der Waals surface area (Å²) in [7, 11) is 0. The van der Waals surface area contributed by atoms with Crippen LogP contribution in [0.15, 0.2) is 152 Å². The number of fused-ring (bicyclic) bond motifs is 6. The Labute approximate surface area is 279 Å². The number of anilines is 3. The molecule has 0 N–H and O–H groups in total. The van der Waals surface area contributed by atoms with Crippen LogP contribution in [0.3, 0.4) is 0 Å². The molecule has 8 aromatic rings. The van der Waals surface area contributed by atoms with Gasteiger partial charge in [-0.2, -0.15) is 0 Å². The lowest BCUT2D eigenvalue weighted by molar-refractivity contribution is 0.660. The highest BCUT2D eigenvalue weighted by atomic mass is 32.1. The fraction of sp³-hybridized carbons (Fsp3) is 0.0909. The Bertz CT molecular complexity index is 2430. The van der Waals surface area contributed by atoms with Gasteiger partial charge in [-0.3, -0.25) is 0 Å². The van der Waals surface area contributed by atoms with E-state index in [1.54, 1.807) is 0 Å². The largest absolute Gasteiger partial charge is 0.310 e. The minimum atomic E-state index is -0.0568. The van der Waals surface area contributed by atoms with Gasteiger partial charge in [0, 0.05) is 38.4 Å². The van der Waals surface area contributed by atoms with Crippen molar-refractivity contribution >= 4 is 49.5 Å². The third-order valence-electron chi connectivity index (χ3n) is 9.87. The molecule has 0 amide bonds. The van der Waals surface area contributed by atoms with Gasteiger partial charge >= 0.3 is 0 Å². The van der Waals surface area contributed by atoms with Crippen molar-refractivity contribution in [2.24, 2.45) is 0 Å². The Morgan fingerprint density at radius 1 is 0.532 bits per heavy atom. The van der Waals surface area contributed by atoms with Gasteiger partial charge in [-0.15, -0.1) is 11.3 Å². The predicted octanol–water partition coefficient (Wildman–Crippen LogP) is 12.6. The van der Waals surface area contributed by atoms with Gasteiger partial charge in [-0.1, -0.05) is 98.8 Å². The zero-order valence-electron chi connectivity index (χ0n) is 26.7. The number of para-hydroxylation sites is 2. The van der Waals surface area contributed by atoms with Gasteiger partial charge in [0.25, 0.3) is 0 Å². The highest BCUT2D eigenvalue weighted by molar-refractivity contribution is 7.20. The molecule has 1 aliphatic rings. The Morgan fingerprint density at radius 3 is 1.96 bits per heavy atom. The first kappa shape index (κ1) is 27.9. The second kappa shape index (κ2) is 10.6. The van der Waals surface area contributed by atoms with E-state index in [1.165, 1.54) is 70.8 Å². The molecular formula is C44H34N2S. The highest BCUT2D eigenvalue weighted by Gasteiger charge is 2.35. The van der Waals surface area contributed by atoms with Crippen molar-refractivity contribution in [1.82, 2.24) is 4.57 Å². The first-order chi connectivity index (χ1) is 23.0. The van der Waals surface area contributed by atoms with Crippen molar-refractivity contribution in [2.45, 2.75) is 26.2 Å². The van der Waals surface area contributed by atoms with Crippen molar-refractivity contribution in [3.8, 4) is 27.9 Å². The first-order valence-electron chi connectivity index (χ1n) is 16.3. The zero-order chi connectivity index (χ0) is 31.7. The average Bonchev–Trinajstić information content (AvgIpc) is 3.71. The molecule has 2 nitrogen and oxygen atoms in total. The second-order valence-corrected chi connectivity index (χ2v) is 14.3. The molecule has 1 aliphatic carbocycles. The van der Waals surface area contributed by atoms with Crippen LogP contribution < -0.4 is 4.90 Å². The van der Waals surface area contributed by atoms with Crippen LogP contribution in [0.2, 0.25) is 0 Å². The molecule has 0 aliphatic heterocycles. The van der Waals surface area contributed by atoms with Crippen LogP contribution in [0.25, 0.3) is 49.1 Å². The van der Waals surface area contributed by atoms with E-state index < -0.39 is 0 Å². The third kappa shape index (κ3) is 4.38. The molecule has 2 aromatic heterocycles. The van der Waals surface area contributed by atoms with Crippen molar-refractivity contribution in [1.29, 1.82) is 0 Å². The number of aromatic nitrogens is 1. The van der Waals surface area contributed by atoms with E-state index in [1.807, 2.05) is 11.3 Å². The number of thiophene rings is 1. The molecule has 2 heterocycles.